The van der Waals surface area contributed by atoms with Gasteiger partial charge in [-0.05, 0) is 42.7 Å². The maximum Gasteiger partial charge on any atom is 0.241 e. The molecule has 0 aliphatic rings. The van der Waals surface area contributed by atoms with Gasteiger partial charge < -0.3 is 0 Å². The number of nitrogens with one attached hydrogen (secondary N) is 1. The standard InChI is InChI=1S/C16H18ClNO2S/c1-3-13-8-10-14(11-9-13)21(19,20)18-12(2)15-6-4-5-7-16(15)17/h4-12,18H,3H2,1-2H3. The predicted octanol–water partition coefficient (Wildman–Crippen LogP) is 3.94. The second-order valence-electron chi connectivity index (χ2n) is 4.86. The molecule has 0 heterocycles. The van der Waals surface area contributed by atoms with Crippen LogP contribution in [0.5, 0.6) is 0 Å². The number of benzene rings is 2. The van der Waals surface area contributed by atoms with Crippen LogP contribution in [0.4, 0.5) is 0 Å². The summed E-state index contributed by atoms with van der Waals surface area (Å²) in [6.07, 6.45) is 0.879. The lowest BCUT2D eigenvalue weighted by atomic mass is 10.1. The summed E-state index contributed by atoms with van der Waals surface area (Å²) in [6.45, 7) is 3.81. The van der Waals surface area contributed by atoms with E-state index >= 15 is 0 Å². The molecule has 0 radical (unpaired) electrons. The molecule has 0 amide bonds. The van der Waals surface area contributed by atoms with Crippen molar-refractivity contribution in [1.29, 1.82) is 0 Å². The first-order valence-corrected chi connectivity index (χ1v) is 8.66. The minimum atomic E-state index is -3.56. The summed E-state index contributed by atoms with van der Waals surface area (Å²) in [5.74, 6) is 0. The topological polar surface area (TPSA) is 46.2 Å². The zero-order chi connectivity index (χ0) is 15.5. The van der Waals surface area contributed by atoms with Crippen LogP contribution in [0.3, 0.4) is 0 Å². The Morgan fingerprint density at radius 2 is 1.71 bits per heavy atom. The lowest BCUT2D eigenvalue weighted by molar-refractivity contribution is 0.567. The maximum absolute atomic E-state index is 12.4. The second kappa shape index (κ2) is 6.60. The van der Waals surface area contributed by atoms with Crippen molar-refractivity contribution in [3.05, 3.63) is 64.7 Å². The summed E-state index contributed by atoms with van der Waals surface area (Å²) in [5.41, 5.74) is 1.86. The van der Waals surface area contributed by atoms with Gasteiger partial charge in [0, 0.05) is 11.1 Å². The summed E-state index contributed by atoms with van der Waals surface area (Å²) < 4.78 is 27.4. The molecule has 0 saturated carbocycles. The van der Waals surface area contributed by atoms with Crippen LogP contribution in [-0.2, 0) is 16.4 Å². The first-order valence-electron chi connectivity index (χ1n) is 6.79. The number of halogens is 1. The van der Waals surface area contributed by atoms with Crippen LogP contribution in [0.15, 0.2) is 53.4 Å². The molecule has 2 aromatic rings. The van der Waals surface area contributed by atoms with Crippen LogP contribution in [0, 0.1) is 0 Å². The lowest BCUT2D eigenvalue weighted by Crippen LogP contribution is -2.27. The summed E-state index contributed by atoms with van der Waals surface area (Å²) in [4.78, 5) is 0.263. The highest BCUT2D eigenvalue weighted by molar-refractivity contribution is 7.89. The highest BCUT2D eigenvalue weighted by Crippen LogP contribution is 2.24. The summed E-state index contributed by atoms with van der Waals surface area (Å²) in [7, 11) is -3.56. The van der Waals surface area contributed by atoms with E-state index in [-0.39, 0.29) is 4.90 Å². The van der Waals surface area contributed by atoms with Crippen LogP contribution in [0.2, 0.25) is 5.02 Å². The molecule has 1 unspecified atom stereocenters. The van der Waals surface area contributed by atoms with Crippen molar-refractivity contribution < 1.29 is 8.42 Å². The smallest absolute Gasteiger partial charge is 0.207 e. The van der Waals surface area contributed by atoms with Crippen LogP contribution in [0.25, 0.3) is 0 Å². The lowest BCUT2D eigenvalue weighted by Gasteiger charge is -2.16. The Kier molecular flexibility index (Phi) is 5.04. The van der Waals surface area contributed by atoms with E-state index in [0.717, 1.165) is 17.5 Å². The molecule has 2 aromatic carbocycles. The zero-order valence-electron chi connectivity index (χ0n) is 12.0. The molecule has 0 bridgehead atoms. The fourth-order valence-electron chi connectivity index (χ4n) is 2.09. The second-order valence-corrected chi connectivity index (χ2v) is 6.98. The Morgan fingerprint density at radius 3 is 2.29 bits per heavy atom. The zero-order valence-corrected chi connectivity index (χ0v) is 13.6. The number of rotatable bonds is 5. The minimum Gasteiger partial charge on any atom is -0.207 e. The van der Waals surface area contributed by atoms with Crippen LogP contribution < -0.4 is 4.72 Å². The van der Waals surface area contributed by atoms with Gasteiger partial charge in [-0.3, -0.25) is 0 Å². The summed E-state index contributed by atoms with van der Waals surface area (Å²) in [5, 5.41) is 0.550. The van der Waals surface area contributed by atoms with Gasteiger partial charge in [0.2, 0.25) is 10.0 Å². The third-order valence-corrected chi connectivity index (χ3v) is 5.25. The van der Waals surface area contributed by atoms with Crippen LogP contribution >= 0.6 is 11.6 Å². The monoisotopic (exact) mass is 323 g/mol. The van der Waals surface area contributed by atoms with E-state index in [1.54, 1.807) is 25.1 Å². The Bertz CT molecular complexity index is 711. The molecule has 112 valence electrons. The highest BCUT2D eigenvalue weighted by Gasteiger charge is 2.19. The van der Waals surface area contributed by atoms with Gasteiger partial charge in [0.25, 0.3) is 0 Å². The molecule has 3 nitrogen and oxygen atoms in total. The van der Waals surface area contributed by atoms with E-state index in [2.05, 4.69) is 4.72 Å². The van der Waals surface area contributed by atoms with Crippen LogP contribution in [0.1, 0.15) is 31.0 Å². The van der Waals surface area contributed by atoms with E-state index < -0.39 is 16.1 Å². The average molecular weight is 324 g/mol. The van der Waals surface area contributed by atoms with E-state index in [4.69, 9.17) is 11.6 Å². The molecule has 5 heteroatoms. The molecular weight excluding hydrogens is 306 g/mol. The third kappa shape index (κ3) is 3.84. The van der Waals surface area contributed by atoms with Gasteiger partial charge in [-0.25, -0.2) is 13.1 Å². The summed E-state index contributed by atoms with van der Waals surface area (Å²) in [6, 6.07) is 13.7. The molecule has 0 aromatic heterocycles. The van der Waals surface area contributed by atoms with Gasteiger partial charge in [-0.2, -0.15) is 0 Å². The quantitative estimate of drug-likeness (QED) is 0.905. The van der Waals surface area contributed by atoms with Crippen molar-refractivity contribution >= 4 is 21.6 Å². The van der Waals surface area contributed by atoms with Gasteiger partial charge in [-0.1, -0.05) is 48.9 Å². The Labute approximate surface area is 131 Å². The normalized spacial score (nSPS) is 13.1. The predicted molar refractivity (Wildman–Crippen MR) is 86.0 cm³/mol. The van der Waals surface area contributed by atoms with Gasteiger partial charge in [0.1, 0.15) is 0 Å². The number of hydrogen-bond acceptors (Lipinski definition) is 2. The molecule has 2 rings (SSSR count). The van der Waals surface area contributed by atoms with Gasteiger partial charge in [0.15, 0.2) is 0 Å². The molecule has 0 saturated heterocycles. The SMILES string of the molecule is CCc1ccc(S(=O)(=O)NC(C)c2ccccc2Cl)cc1. The molecule has 0 fully saturated rings. The van der Waals surface area contributed by atoms with Gasteiger partial charge in [-0.15, -0.1) is 0 Å². The minimum absolute atomic E-state index is 0.263. The third-order valence-electron chi connectivity index (χ3n) is 3.35. The largest absolute Gasteiger partial charge is 0.241 e. The van der Waals surface area contributed by atoms with Crippen molar-refractivity contribution in [2.45, 2.75) is 31.2 Å². The number of sulfonamides is 1. The Morgan fingerprint density at radius 1 is 1.10 bits per heavy atom. The van der Waals surface area contributed by atoms with Gasteiger partial charge >= 0.3 is 0 Å². The fraction of sp³-hybridized carbons (Fsp3) is 0.250. The molecule has 0 spiro atoms. The van der Waals surface area contributed by atoms with Crippen molar-refractivity contribution in [2.75, 3.05) is 0 Å². The van der Waals surface area contributed by atoms with Crippen molar-refractivity contribution in [3.8, 4) is 0 Å². The Hall–Kier alpha value is -1.36. The number of hydrogen-bond donors (Lipinski definition) is 1. The highest BCUT2D eigenvalue weighted by atomic mass is 35.5. The molecule has 0 aliphatic heterocycles. The van der Waals surface area contributed by atoms with Gasteiger partial charge in [0.05, 0.1) is 4.90 Å². The first kappa shape index (κ1) is 16.0. The summed E-state index contributed by atoms with van der Waals surface area (Å²) >= 11 is 6.10. The molecule has 1 atom stereocenters. The van der Waals surface area contributed by atoms with E-state index in [9.17, 15) is 8.42 Å². The molecular formula is C16H18ClNO2S. The molecule has 21 heavy (non-hydrogen) atoms. The van der Waals surface area contributed by atoms with E-state index in [0.29, 0.717) is 5.02 Å². The van der Waals surface area contributed by atoms with E-state index in [1.807, 2.05) is 37.3 Å². The van der Waals surface area contributed by atoms with E-state index in [1.165, 1.54) is 0 Å². The number of aryl methyl sites for hydroxylation is 1. The van der Waals surface area contributed by atoms with Crippen molar-refractivity contribution in [1.82, 2.24) is 4.72 Å². The fourth-order valence-corrected chi connectivity index (χ4v) is 3.62. The molecule has 1 N–H and O–H groups in total. The van der Waals surface area contributed by atoms with Crippen LogP contribution in [-0.4, -0.2) is 8.42 Å². The molecule has 0 aliphatic carbocycles. The Balaban J connectivity index is 2.22. The average Bonchev–Trinajstić information content (AvgIpc) is 2.47. The first-order chi connectivity index (χ1) is 9.94. The van der Waals surface area contributed by atoms with Crippen molar-refractivity contribution in [2.24, 2.45) is 0 Å². The van der Waals surface area contributed by atoms with Crippen molar-refractivity contribution in [3.63, 3.8) is 0 Å². The maximum atomic E-state index is 12.4.